The van der Waals surface area contributed by atoms with Gasteiger partial charge in [-0.15, -0.1) is 0 Å². The molecule has 32 heavy (non-hydrogen) atoms. The van der Waals surface area contributed by atoms with Gasteiger partial charge < -0.3 is 24.5 Å². The van der Waals surface area contributed by atoms with Gasteiger partial charge in [0.05, 0.1) is 30.1 Å². The number of hydrogen-bond donors (Lipinski definition) is 1. The molecule has 4 aliphatic rings. The van der Waals surface area contributed by atoms with Crippen molar-refractivity contribution in [1.29, 1.82) is 0 Å². The smallest absolute Gasteiger partial charge is 0.249 e. The van der Waals surface area contributed by atoms with E-state index >= 15 is 0 Å². The molecule has 2 saturated heterocycles. The number of aliphatic hydroxyl groups excluding tert-OH is 1. The van der Waals surface area contributed by atoms with E-state index < -0.39 is 35.1 Å². The molecule has 3 amide bonds. The fraction of sp³-hybridized carbons (Fsp3) is 0.708. The number of hydrogen-bond acceptors (Lipinski definition) is 5. The first-order chi connectivity index (χ1) is 15.1. The lowest BCUT2D eigenvalue weighted by atomic mass is 9.74. The van der Waals surface area contributed by atoms with Crippen LogP contribution in [0.3, 0.4) is 0 Å². The number of amides is 3. The molecule has 8 nitrogen and oxygen atoms in total. The van der Waals surface area contributed by atoms with E-state index in [0.29, 0.717) is 19.6 Å². The van der Waals surface area contributed by atoms with E-state index in [0.717, 1.165) is 6.42 Å². The van der Waals surface area contributed by atoms with Crippen molar-refractivity contribution in [2.75, 3.05) is 26.2 Å². The maximum atomic E-state index is 13.9. The van der Waals surface area contributed by atoms with Gasteiger partial charge in [0, 0.05) is 25.7 Å². The second-order valence-corrected chi connectivity index (χ2v) is 9.95. The van der Waals surface area contributed by atoms with Crippen LogP contribution in [0.25, 0.3) is 0 Å². The first-order valence-corrected chi connectivity index (χ1v) is 11.7. The quantitative estimate of drug-likeness (QED) is 0.637. The van der Waals surface area contributed by atoms with E-state index in [1.807, 2.05) is 52.0 Å². The molecular formula is C24H35N3O5. The highest BCUT2D eigenvalue weighted by atomic mass is 16.5. The Morgan fingerprint density at radius 2 is 1.75 bits per heavy atom. The molecule has 0 aromatic heterocycles. The predicted octanol–water partition coefficient (Wildman–Crippen LogP) is 0.953. The van der Waals surface area contributed by atoms with Crippen molar-refractivity contribution in [2.45, 2.75) is 70.4 Å². The Labute approximate surface area is 189 Å². The Kier molecular flexibility index (Phi) is 5.74. The molecule has 0 radical (unpaired) electrons. The largest absolute Gasteiger partial charge is 0.394 e. The number of rotatable bonds is 5. The molecule has 0 aromatic rings. The van der Waals surface area contributed by atoms with Crippen molar-refractivity contribution in [1.82, 2.24) is 14.7 Å². The van der Waals surface area contributed by atoms with Gasteiger partial charge in [-0.3, -0.25) is 14.4 Å². The van der Waals surface area contributed by atoms with Gasteiger partial charge in [-0.1, -0.05) is 31.2 Å². The normalized spacial score (nSPS) is 37.5. The van der Waals surface area contributed by atoms with Gasteiger partial charge in [0.15, 0.2) is 0 Å². The summed E-state index contributed by atoms with van der Waals surface area (Å²) in [4.78, 5) is 46.5. The van der Waals surface area contributed by atoms with E-state index in [2.05, 4.69) is 0 Å². The molecule has 4 rings (SSSR count). The van der Waals surface area contributed by atoms with Crippen molar-refractivity contribution in [2.24, 2.45) is 11.8 Å². The number of likely N-dealkylation sites (tertiary alicyclic amines) is 1. The zero-order valence-corrected chi connectivity index (χ0v) is 19.7. The lowest BCUT2D eigenvalue weighted by Crippen LogP contribution is -2.59. The second kappa shape index (κ2) is 7.99. The SMILES string of the molecule is CCCN1CC=C[C@@]2(C)O[C@]34C=CCN(C(C)C)C(=O)C3N([C@H](C)CO)C(=O)[C@@H]4[C@H]2C1=O. The summed E-state index contributed by atoms with van der Waals surface area (Å²) < 4.78 is 6.71. The zero-order chi connectivity index (χ0) is 23.4. The van der Waals surface area contributed by atoms with Crippen molar-refractivity contribution in [3.05, 3.63) is 24.3 Å². The third kappa shape index (κ3) is 3.06. The van der Waals surface area contributed by atoms with Crippen LogP contribution in [0.5, 0.6) is 0 Å². The summed E-state index contributed by atoms with van der Waals surface area (Å²) >= 11 is 0. The molecule has 1 unspecified atom stereocenters. The lowest BCUT2D eigenvalue weighted by Gasteiger charge is -2.40. The average Bonchev–Trinajstić information content (AvgIpc) is 3.02. The van der Waals surface area contributed by atoms with E-state index in [1.54, 1.807) is 16.7 Å². The second-order valence-electron chi connectivity index (χ2n) is 9.95. The van der Waals surface area contributed by atoms with Crippen LogP contribution in [0.15, 0.2) is 24.3 Å². The molecule has 4 aliphatic heterocycles. The minimum Gasteiger partial charge on any atom is -0.394 e. The van der Waals surface area contributed by atoms with Crippen molar-refractivity contribution >= 4 is 17.7 Å². The average molecular weight is 446 g/mol. The van der Waals surface area contributed by atoms with Gasteiger partial charge in [-0.05, 0) is 34.1 Å². The van der Waals surface area contributed by atoms with Crippen molar-refractivity contribution < 1.29 is 24.2 Å². The lowest BCUT2D eigenvalue weighted by molar-refractivity contribution is -0.156. The Morgan fingerprint density at radius 1 is 1.06 bits per heavy atom. The Hall–Kier alpha value is -2.19. The third-order valence-corrected chi connectivity index (χ3v) is 7.47. The van der Waals surface area contributed by atoms with Gasteiger partial charge in [0.25, 0.3) is 0 Å². The highest BCUT2D eigenvalue weighted by molar-refractivity contribution is 6.00. The number of ether oxygens (including phenoxy) is 1. The molecule has 4 heterocycles. The van der Waals surface area contributed by atoms with Gasteiger partial charge in [0.1, 0.15) is 11.6 Å². The summed E-state index contributed by atoms with van der Waals surface area (Å²) in [5, 5.41) is 9.92. The molecule has 1 N–H and O–H groups in total. The molecule has 0 aromatic carbocycles. The van der Waals surface area contributed by atoms with Crippen LogP contribution in [0, 0.1) is 11.8 Å². The van der Waals surface area contributed by atoms with E-state index in [-0.39, 0.29) is 30.4 Å². The number of aliphatic hydroxyl groups is 1. The summed E-state index contributed by atoms with van der Waals surface area (Å²) in [7, 11) is 0. The standard InChI is InChI=1S/C24H35N3O5/c1-6-11-25-12-7-9-23(5)17(20(25)29)18-21(30)27(16(4)14-28)19-22(31)26(15(2)3)13-8-10-24(18,19)32-23/h7-10,15-19,28H,6,11-14H2,1-5H3/t16-,17+,18+,19?,23-,24+/m1/s1. The van der Waals surface area contributed by atoms with E-state index in [4.69, 9.17) is 4.74 Å². The Bertz CT molecular complexity index is 870. The summed E-state index contributed by atoms with van der Waals surface area (Å²) in [6.45, 7) is 10.7. The van der Waals surface area contributed by atoms with E-state index in [9.17, 15) is 19.5 Å². The van der Waals surface area contributed by atoms with Gasteiger partial charge >= 0.3 is 0 Å². The van der Waals surface area contributed by atoms with E-state index in [1.165, 1.54) is 4.90 Å². The minimum absolute atomic E-state index is 0.0632. The van der Waals surface area contributed by atoms with Crippen LogP contribution in [0.1, 0.15) is 41.0 Å². The number of fused-ring (bicyclic) bond motifs is 2. The van der Waals surface area contributed by atoms with Crippen LogP contribution in [0.4, 0.5) is 0 Å². The fourth-order valence-corrected chi connectivity index (χ4v) is 6.03. The monoisotopic (exact) mass is 445 g/mol. The van der Waals surface area contributed by atoms with Gasteiger partial charge in [0.2, 0.25) is 17.7 Å². The van der Waals surface area contributed by atoms with Crippen LogP contribution in [0.2, 0.25) is 0 Å². The summed E-state index contributed by atoms with van der Waals surface area (Å²) in [6, 6.07) is -1.56. The summed E-state index contributed by atoms with van der Waals surface area (Å²) in [5.74, 6) is -2.18. The highest BCUT2D eigenvalue weighted by Gasteiger charge is 2.75. The number of nitrogens with zero attached hydrogens (tertiary/aromatic N) is 3. The fourth-order valence-electron chi connectivity index (χ4n) is 6.03. The summed E-state index contributed by atoms with van der Waals surface area (Å²) in [6.07, 6.45) is 8.37. The number of carbonyl (C=O) groups excluding carboxylic acids is 3. The predicted molar refractivity (Wildman–Crippen MR) is 118 cm³/mol. The molecule has 1 spiro atoms. The maximum absolute atomic E-state index is 13.9. The molecule has 0 aliphatic carbocycles. The topological polar surface area (TPSA) is 90.4 Å². The Balaban J connectivity index is 1.89. The molecular weight excluding hydrogens is 410 g/mol. The molecule has 0 bridgehead atoms. The number of carbonyl (C=O) groups is 3. The highest BCUT2D eigenvalue weighted by Crippen LogP contribution is 2.57. The molecule has 176 valence electrons. The Morgan fingerprint density at radius 3 is 2.38 bits per heavy atom. The van der Waals surface area contributed by atoms with Crippen LogP contribution >= 0.6 is 0 Å². The molecule has 8 heteroatoms. The summed E-state index contributed by atoms with van der Waals surface area (Å²) in [5.41, 5.74) is -2.25. The molecule has 6 atom stereocenters. The third-order valence-electron chi connectivity index (χ3n) is 7.47. The van der Waals surface area contributed by atoms with Crippen molar-refractivity contribution in [3.63, 3.8) is 0 Å². The molecule has 0 saturated carbocycles. The van der Waals surface area contributed by atoms with Gasteiger partial charge in [-0.25, -0.2) is 0 Å². The zero-order valence-electron chi connectivity index (χ0n) is 19.7. The first-order valence-electron chi connectivity index (χ1n) is 11.7. The minimum atomic E-state index is -1.25. The van der Waals surface area contributed by atoms with Crippen LogP contribution < -0.4 is 0 Å². The maximum Gasteiger partial charge on any atom is 0.249 e. The van der Waals surface area contributed by atoms with Crippen LogP contribution in [-0.4, -0.2) is 93.1 Å². The van der Waals surface area contributed by atoms with Gasteiger partial charge in [-0.2, -0.15) is 0 Å². The molecule has 2 fully saturated rings. The first kappa shape index (κ1) is 23.0. The van der Waals surface area contributed by atoms with Crippen LogP contribution in [-0.2, 0) is 19.1 Å². The van der Waals surface area contributed by atoms with Crippen molar-refractivity contribution in [3.8, 4) is 0 Å².